The van der Waals surface area contributed by atoms with Gasteiger partial charge in [0.25, 0.3) is 0 Å². The van der Waals surface area contributed by atoms with E-state index in [1.165, 1.54) is 6.07 Å². The van der Waals surface area contributed by atoms with Gasteiger partial charge in [-0.1, -0.05) is 6.07 Å². The van der Waals surface area contributed by atoms with Crippen LogP contribution in [-0.2, 0) is 6.42 Å². The van der Waals surface area contributed by atoms with Crippen LogP contribution < -0.4 is 9.47 Å². The molecule has 0 unspecified atom stereocenters. The highest BCUT2D eigenvalue weighted by atomic mass is 16.5. The average molecular weight is 272 g/mol. The predicted octanol–water partition coefficient (Wildman–Crippen LogP) is 3.17. The van der Waals surface area contributed by atoms with Crippen molar-refractivity contribution in [1.29, 1.82) is 0 Å². The molecule has 0 radical (unpaired) electrons. The lowest BCUT2D eigenvalue weighted by Gasteiger charge is -2.27. The Hall–Kier alpha value is -2.36. The Balaban J connectivity index is 1.91. The molecule has 0 bridgehead atoms. The molecule has 2 aromatic carbocycles. The summed E-state index contributed by atoms with van der Waals surface area (Å²) in [5.41, 5.74) is 1.83. The van der Waals surface area contributed by atoms with E-state index >= 15 is 0 Å². The number of aryl methyl sites for hydroxylation is 1. The van der Waals surface area contributed by atoms with E-state index in [0.29, 0.717) is 5.56 Å². The molecule has 4 nitrogen and oxygen atoms in total. The molecular formula is C16H16O4. The molecule has 0 fully saturated rings. The predicted molar refractivity (Wildman–Crippen MR) is 74.5 cm³/mol. The second-order valence-corrected chi connectivity index (χ2v) is 4.86. The summed E-state index contributed by atoms with van der Waals surface area (Å²) >= 11 is 0. The van der Waals surface area contributed by atoms with E-state index in [1.54, 1.807) is 19.2 Å². The molecule has 0 spiro atoms. The van der Waals surface area contributed by atoms with Crippen molar-refractivity contribution in [2.24, 2.45) is 0 Å². The van der Waals surface area contributed by atoms with Crippen molar-refractivity contribution in [3.05, 3.63) is 47.5 Å². The van der Waals surface area contributed by atoms with Gasteiger partial charge in [0.15, 0.2) is 0 Å². The quantitative estimate of drug-likeness (QED) is 0.881. The monoisotopic (exact) mass is 272 g/mol. The minimum absolute atomic E-state index is 0.0455. The van der Waals surface area contributed by atoms with Gasteiger partial charge in [0, 0.05) is 17.7 Å². The topological polar surface area (TPSA) is 58.9 Å². The molecule has 2 aromatic rings. The molecular weight excluding hydrogens is 256 g/mol. The van der Waals surface area contributed by atoms with Gasteiger partial charge in [-0.15, -0.1) is 0 Å². The number of phenolic OH excluding ortho intramolecular Hbond substituents is 2. The zero-order valence-corrected chi connectivity index (χ0v) is 11.2. The first-order chi connectivity index (χ1) is 9.67. The Bertz CT molecular complexity index is 636. The maximum absolute atomic E-state index is 9.93. The van der Waals surface area contributed by atoms with Crippen LogP contribution in [0, 0.1) is 0 Å². The summed E-state index contributed by atoms with van der Waals surface area (Å²) in [4.78, 5) is 0. The number of phenols is 2. The molecule has 0 aliphatic carbocycles. The number of rotatable bonds is 2. The fourth-order valence-corrected chi connectivity index (χ4v) is 2.50. The number of ether oxygens (including phenoxy) is 2. The highest BCUT2D eigenvalue weighted by Gasteiger charge is 2.24. The van der Waals surface area contributed by atoms with Gasteiger partial charge in [-0.25, -0.2) is 0 Å². The van der Waals surface area contributed by atoms with Crippen LogP contribution in [0.4, 0.5) is 0 Å². The van der Waals surface area contributed by atoms with Crippen LogP contribution >= 0.6 is 0 Å². The lowest BCUT2D eigenvalue weighted by Crippen LogP contribution is -2.15. The Kier molecular flexibility index (Phi) is 3.14. The van der Waals surface area contributed by atoms with E-state index in [4.69, 9.17) is 9.47 Å². The summed E-state index contributed by atoms with van der Waals surface area (Å²) in [6.45, 7) is 0. The summed E-state index contributed by atoms with van der Waals surface area (Å²) in [5.74, 6) is 1.64. The summed E-state index contributed by atoms with van der Waals surface area (Å²) in [6.07, 6.45) is 1.46. The van der Waals surface area contributed by atoms with Crippen LogP contribution in [0.1, 0.15) is 23.7 Å². The molecule has 0 saturated heterocycles. The Morgan fingerprint density at radius 3 is 2.75 bits per heavy atom. The summed E-state index contributed by atoms with van der Waals surface area (Å²) in [7, 11) is 1.62. The molecule has 104 valence electrons. The second-order valence-electron chi connectivity index (χ2n) is 4.86. The van der Waals surface area contributed by atoms with Crippen molar-refractivity contribution in [2.45, 2.75) is 18.9 Å². The SMILES string of the molecule is COc1ccc2c(c1)O[C@H](c1ccc(O)cc1O)CC2. The first-order valence-corrected chi connectivity index (χ1v) is 6.53. The van der Waals surface area contributed by atoms with Crippen molar-refractivity contribution in [3.8, 4) is 23.0 Å². The van der Waals surface area contributed by atoms with Crippen molar-refractivity contribution in [2.75, 3.05) is 7.11 Å². The van der Waals surface area contributed by atoms with E-state index in [0.717, 1.165) is 29.9 Å². The molecule has 1 aliphatic heterocycles. The molecule has 20 heavy (non-hydrogen) atoms. The zero-order chi connectivity index (χ0) is 14.1. The molecule has 2 N–H and O–H groups in total. The molecule has 1 aliphatic rings. The summed E-state index contributed by atoms with van der Waals surface area (Å²) < 4.78 is 11.2. The first-order valence-electron chi connectivity index (χ1n) is 6.53. The van der Waals surface area contributed by atoms with E-state index < -0.39 is 0 Å². The maximum atomic E-state index is 9.93. The van der Waals surface area contributed by atoms with Crippen molar-refractivity contribution in [3.63, 3.8) is 0 Å². The van der Waals surface area contributed by atoms with E-state index in [1.807, 2.05) is 18.2 Å². The van der Waals surface area contributed by atoms with Gasteiger partial charge in [-0.05, 0) is 36.6 Å². The number of hydrogen-bond acceptors (Lipinski definition) is 4. The summed E-state index contributed by atoms with van der Waals surface area (Å²) in [6, 6.07) is 10.4. The number of methoxy groups -OCH3 is 1. The molecule has 3 rings (SSSR count). The normalized spacial score (nSPS) is 17.1. The highest BCUT2D eigenvalue weighted by Crippen LogP contribution is 2.40. The smallest absolute Gasteiger partial charge is 0.128 e. The first kappa shape index (κ1) is 12.7. The minimum atomic E-state index is -0.213. The van der Waals surface area contributed by atoms with Crippen molar-refractivity contribution in [1.82, 2.24) is 0 Å². The standard InChI is InChI=1S/C16H16O4/c1-19-12-5-2-10-3-7-15(20-16(10)9-12)13-6-4-11(17)8-14(13)18/h2,4-6,8-9,15,17-18H,3,7H2,1H3/t15-/m0/s1. The second kappa shape index (κ2) is 4.96. The molecule has 4 heteroatoms. The fourth-order valence-electron chi connectivity index (χ4n) is 2.50. The third kappa shape index (κ3) is 2.25. The van der Waals surface area contributed by atoms with Gasteiger partial charge in [0.2, 0.25) is 0 Å². The zero-order valence-electron chi connectivity index (χ0n) is 11.2. The van der Waals surface area contributed by atoms with Gasteiger partial charge in [-0.2, -0.15) is 0 Å². The van der Waals surface area contributed by atoms with Gasteiger partial charge in [0.05, 0.1) is 7.11 Å². The summed E-state index contributed by atoms with van der Waals surface area (Å²) in [5, 5.41) is 19.3. The Morgan fingerprint density at radius 2 is 2.00 bits per heavy atom. The Labute approximate surface area is 117 Å². The molecule has 0 aromatic heterocycles. The van der Waals surface area contributed by atoms with Gasteiger partial charge >= 0.3 is 0 Å². The molecule has 1 atom stereocenters. The third-order valence-corrected chi connectivity index (χ3v) is 3.58. The molecule has 0 saturated carbocycles. The van der Waals surface area contributed by atoms with Crippen molar-refractivity contribution < 1.29 is 19.7 Å². The van der Waals surface area contributed by atoms with Crippen LogP contribution in [0.3, 0.4) is 0 Å². The van der Waals surface area contributed by atoms with E-state index in [2.05, 4.69) is 0 Å². The number of benzene rings is 2. The number of fused-ring (bicyclic) bond motifs is 1. The van der Waals surface area contributed by atoms with Gasteiger partial charge in [0.1, 0.15) is 29.1 Å². The van der Waals surface area contributed by atoms with Crippen LogP contribution in [0.15, 0.2) is 36.4 Å². The number of aromatic hydroxyl groups is 2. The van der Waals surface area contributed by atoms with Gasteiger partial charge in [-0.3, -0.25) is 0 Å². The average Bonchev–Trinajstić information content (AvgIpc) is 2.46. The maximum Gasteiger partial charge on any atom is 0.128 e. The van der Waals surface area contributed by atoms with Gasteiger partial charge < -0.3 is 19.7 Å². The molecule has 1 heterocycles. The van der Waals surface area contributed by atoms with Crippen LogP contribution in [-0.4, -0.2) is 17.3 Å². The van der Waals surface area contributed by atoms with Crippen LogP contribution in [0.25, 0.3) is 0 Å². The van der Waals surface area contributed by atoms with Crippen LogP contribution in [0.5, 0.6) is 23.0 Å². The lowest BCUT2D eigenvalue weighted by atomic mass is 9.96. The van der Waals surface area contributed by atoms with Crippen LogP contribution in [0.2, 0.25) is 0 Å². The van der Waals surface area contributed by atoms with Crippen molar-refractivity contribution >= 4 is 0 Å². The third-order valence-electron chi connectivity index (χ3n) is 3.58. The fraction of sp³-hybridized carbons (Fsp3) is 0.250. The highest BCUT2D eigenvalue weighted by molar-refractivity contribution is 5.45. The van der Waals surface area contributed by atoms with E-state index in [9.17, 15) is 10.2 Å². The molecule has 0 amide bonds. The lowest BCUT2D eigenvalue weighted by molar-refractivity contribution is 0.172. The number of hydrogen-bond donors (Lipinski definition) is 2. The largest absolute Gasteiger partial charge is 0.508 e. The minimum Gasteiger partial charge on any atom is -0.508 e. The van der Waals surface area contributed by atoms with E-state index in [-0.39, 0.29) is 17.6 Å². The Morgan fingerprint density at radius 1 is 1.15 bits per heavy atom.